The molecule has 1 aromatic carbocycles. The van der Waals surface area contributed by atoms with E-state index in [-0.39, 0.29) is 16.5 Å². The van der Waals surface area contributed by atoms with Gasteiger partial charge in [-0.25, -0.2) is 0 Å². The zero-order valence-electron chi connectivity index (χ0n) is 13.8. The van der Waals surface area contributed by atoms with Crippen LogP contribution in [0.1, 0.15) is 19.3 Å². The van der Waals surface area contributed by atoms with E-state index in [2.05, 4.69) is 20.4 Å². The van der Waals surface area contributed by atoms with Gasteiger partial charge in [0.1, 0.15) is 11.2 Å². The number of aromatic nitrogens is 2. The summed E-state index contributed by atoms with van der Waals surface area (Å²) in [5.74, 6) is 0. The van der Waals surface area contributed by atoms with Crippen LogP contribution in [-0.2, 0) is 10.0 Å². The number of azo groups is 1. The van der Waals surface area contributed by atoms with Crippen molar-refractivity contribution < 1.29 is 21.6 Å². The molecule has 0 aliphatic carbocycles. The predicted molar refractivity (Wildman–Crippen MR) is 95.2 cm³/mol. The Hall–Kier alpha value is -2.28. The normalized spacial score (nSPS) is 16.0. The number of benzene rings is 1. The molecule has 27 heavy (non-hydrogen) atoms. The Morgan fingerprint density at radius 2 is 1.89 bits per heavy atom. The molecule has 1 aromatic heterocycles. The van der Waals surface area contributed by atoms with Gasteiger partial charge in [-0.15, -0.1) is 20.4 Å². The number of piperidine rings is 1. The van der Waals surface area contributed by atoms with E-state index in [1.54, 1.807) is 10.8 Å². The average molecular weight is 420 g/mol. The Bertz CT molecular complexity index is 909. The number of nitrogens with one attached hydrogen (secondary N) is 1. The molecule has 8 nitrogen and oxygen atoms in total. The number of halogens is 3. The van der Waals surface area contributed by atoms with E-state index in [1.165, 1.54) is 17.6 Å². The van der Waals surface area contributed by atoms with Crippen molar-refractivity contribution in [1.29, 1.82) is 0 Å². The van der Waals surface area contributed by atoms with Gasteiger partial charge in [-0.1, -0.05) is 11.3 Å². The van der Waals surface area contributed by atoms with Crippen LogP contribution in [0, 0.1) is 0 Å². The Kier molecular flexibility index (Phi) is 5.60. The molecule has 2 heterocycles. The van der Waals surface area contributed by atoms with Gasteiger partial charge in [0, 0.05) is 18.8 Å². The minimum absolute atomic E-state index is 0.0567. The van der Waals surface area contributed by atoms with Gasteiger partial charge in [-0.2, -0.15) is 21.6 Å². The van der Waals surface area contributed by atoms with Gasteiger partial charge >= 0.3 is 15.5 Å². The number of hydrogen-bond acceptors (Lipinski definition) is 8. The molecule has 0 unspecified atom stereocenters. The predicted octanol–water partition coefficient (Wildman–Crippen LogP) is 4.21. The molecule has 146 valence electrons. The summed E-state index contributed by atoms with van der Waals surface area (Å²) in [7, 11) is -5.59. The fourth-order valence-electron chi connectivity index (χ4n) is 2.55. The highest BCUT2D eigenvalue weighted by Gasteiger charge is 2.46. The molecular formula is C14H15F3N6O2S2. The zero-order valence-corrected chi connectivity index (χ0v) is 15.5. The maximum Gasteiger partial charge on any atom is 0.516 e. The van der Waals surface area contributed by atoms with Crippen molar-refractivity contribution in [1.82, 2.24) is 10.2 Å². The van der Waals surface area contributed by atoms with Gasteiger partial charge in [0.25, 0.3) is 5.13 Å². The third-order valence-electron chi connectivity index (χ3n) is 3.84. The van der Waals surface area contributed by atoms with Crippen LogP contribution >= 0.6 is 11.3 Å². The Labute approximate surface area is 157 Å². The summed E-state index contributed by atoms with van der Waals surface area (Å²) in [6, 6.07) is 4.43. The van der Waals surface area contributed by atoms with Gasteiger partial charge < -0.3 is 4.90 Å². The second-order valence-electron chi connectivity index (χ2n) is 5.72. The summed E-state index contributed by atoms with van der Waals surface area (Å²) >= 11 is 1.08. The first kappa shape index (κ1) is 19.5. The Morgan fingerprint density at radius 1 is 1.15 bits per heavy atom. The molecule has 2 aromatic rings. The molecule has 0 radical (unpaired) electrons. The lowest BCUT2D eigenvalue weighted by atomic mass is 10.1. The summed E-state index contributed by atoms with van der Waals surface area (Å²) in [6.45, 7) is 1.49. The van der Waals surface area contributed by atoms with E-state index >= 15 is 0 Å². The van der Waals surface area contributed by atoms with Gasteiger partial charge in [-0.05, 0) is 37.5 Å². The first-order chi connectivity index (χ1) is 12.8. The lowest BCUT2D eigenvalue weighted by Crippen LogP contribution is -2.31. The van der Waals surface area contributed by atoms with E-state index in [4.69, 9.17) is 0 Å². The minimum Gasteiger partial charge on any atom is -0.371 e. The van der Waals surface area contributed by atoms with Crippen LogP contribution in [0.25, 0.3) is 0 Å². The fourth-order valence-corrected chi connectivity index (χ4v) is 3.49. The van der Waals surface area contributed by atoms with Crippen molar-refractivity contribution in [3.05, 3.63) is 23.7 Å². The number of rotatable bonds is 5. The monoisotopic (exact) mass is 420 g/mol. The van der Waals surface area contributed by atoms with Crippen LogP contribution in [0.3, 0.4) is 0 Å². The molecule has 1 fully saturated rings. The molecule has 3 rings (SSSR count). The quantitative estimate of drug-likeness (QED) is 0.731. The smallest absolute Gasteiger partial charge is 0.371 e. The first-order valence-electron chi connectivity index (χ1n) is 7.92. The maximum absolute atomic E-state index is 12.8. The third kappa shape index (κ3) is 4.71. The molecular weight excluding hydrogens is 405 g/mol. The molecule has 1 N–H and O–H groups in total. The highest BCUT2D eigenvalue weighted by molar-refractivity contribution is 7.93. The van der Waals surface area contributed by atoms with Crippen LogP contribution in [0.15, 0.2) is 33.9 Å². The lowest BCUT2D eigenvalue weighted by molar-refractivity contribution is -0.0429. The van der Waals surface area contributed by atoms with Crippen LogP contribution in [0.2, 0.25) is 0 Å². The molecule has 1 saturated heterocycles. The van der Waals surface area contributed by atoms with E-state index in [0.29, 0.717) is 5.69 Å². The van der Waals surface area contributed by atoms with Gasteiger partial charge in [0.05, 0.1) is 5.69 Å². The molecule has 0 saturated carbocycles. The molecule has 0 atom stereocenters. The van der Waals surface area contributed by atoms with Gasteiger partial charge in [0.2, 0.25) is 0 Å². The second kappa shape index (κ2) is 7.76. The largest absolute Gasteiger partial charge is 0.516 e. The van der Waals surface area contributed by atoms with E-state index in [9.17, 15) is 21.6 Å². The summed E-state index contributed by atoms with van der Waals surface area (Å²) in [4.78, 5) is 1.99. The number of anilines is 2. The number of sulfonamides is 1. The van der Waals surface area contributed by atoms with E-state index in [0.717, 1.165) is 43.7 Å². The van der Waals surface area contributed by atoms with Gasteiger partial charge in [-0.3, -0.25) is 4.72 Å². The highest BCUT2D eigenvalue weighted by Crippen LogP contribution is 2.35. The van der Waals surface area contributed by atoms with Crippen molar-refractivity contribution in [3.63, 3.8) is 0 Å². The van der Waals surface area contributed by atoms with Crippen molar-refractivity contribution >= 4 is 43.6 Å². The highest BCUT2D eigenvalue weighted by atomic mass is 32.2. The standard InChI is InChI=1S/C14H15F3N6O2S2/c15-14(16,17)27(24,25)22-12-8-10(23-6-2-1-3-7-23)4-5-11(12)19-21-13-20-18-9-26-13/h4-5,8-9,22H,1-3,6-7H2. The fraction of sp³-hybridized carbons (Fsp3) is 0.429. The summed E-state index contributed by atoms with van der Waals surface area (Å²) in [5.41, 5.74) is -3.77. The minimum atomic E-state index is -5.59. The van der Waals surface area contributed by atoms with Crippen molar-refractivity contribution in [2.45, 2.75) is 24.8 Å². The molecule has 13 heteroatoms. The molecule has 0 spiro atoms. The average Bonchev–Trinajstić information content (AvgIpc) is 3.13. The summed E-state index contributed by atoms with van der Waals surface area (Å²) < 4.78 is 63.0. The zero-order chi connectivity index (χ0) is 19.5. The Balaban J connectivity index is 1.96. The molecule has 0 bridgehead atoms. The Morgan fingerprint density at radius 3 is 2.52 bits per heavy atom. The van der Waals surface area contributed by atoms with Crippen LogP contribution in [0.4, 0.5) is 35.4 Å². The van der Waals surface area contributed by atoms with Crippen molar-refractivity contribution in [2.75, 3.05) is 22.7 Å². The lowest BCUT2D eigenvalue weighted by Gasteiger charge is -2.29. The van der Waals surface area contributed by atoms with E-state index in [1.807, 2.05) is 4.90 Å². The maximum atomic E-state index is 12.8. The van der Waals surface area contributed by atoms with Crippen molar-refractivity contribution in [2.24, 2.45) is 10.2 Å². The third-order valence-corrected chi connectivity index (χ3v) is 5.51. The summed E-state index contributed by atoms with van der Waals surface area (Å²) in [6.07, 6.45) is 3.00. The molecule has 1 aliphatic heterocycles. The number of hydrogen-bond donors (Lipinski definition) is 1. The molecule has 0 amide bonds. The number of alkyl halides is 3. The first-order valence-corrected chi connectivity index (χ1v) is 10.3. The summed E-state index contributed by atoms with van der Waals surface area (Å²) in [5, 5.41) is 15.0. The SMILES string of the molecule is O=S(=O)(Nc1cc(N2CCCCC2)ccc1N=Nc1nncs1)C(F)(F)F. The van der Waals surface area contributed by atoms with Crippen LogP contribution in [-0.4, -0.2) is 37.2 Å². The van der Waals surface area contributed by atoms with Gasteiger partial charge in [0.15, 0.2) is 0 Å². The van der Waals surface area contributed by atoms with Crippen LogP contribution < -0.4 is 9.62 Å². The van der Waals surface area contributed by atoms with Crippen molar-refractivity contribution in [3.8, 4) is 0 Å². The van der Waals surface area contributed by atoms with E-state index < -0.39 is 15.5 Å². The van der Waals surface area contributed by atoms with Crippen LogP contribution in [0.5, 0.6) is 0 Å². The number of nitrogens with zero attached hydrogens (tertiary/aromatic N) is 5. The second-order valence-corrected chi connectivity index (χ2v) is 8.21. The molecule has 1 aliphatic rings. The topological polar surface area (TPSA) is 99.9 Å².